The molecule has 2 N–H and O–H groups in total. The number of benzene rings is 1. The molecule has 0 heterocycles. The molecule has 1 aromatic carbocycles. The zero-order chi connectivity index (χ0) is 25.2. The SMILES string of the molecule is C=C[C@@](C)(CCC=C(C)C)[C@H](N[S+]([O-])C(C)(C)C)C(=O)N[C@@H](Cc1ccccc1)C(=O)OC. The van der Waals surface area contributed by atoms with E-state index < -0.39 is 45.5 Å². The lowest BCUT2D eigenvalue weighted by Crippen LogP contribution is -2.59. The van der Waals surface area contributed by atoms with Gasteiger partial charge < -0.3 is 14.6 Å². The molecule has 0 saturated heterocycles. The normalized spacial score (nSPS) is 16.0. The van der Waals surface area contributed by atoms with Crippen LogP contribution in [0, 0.1) is 5.41 Å². The molecular formula is C26H40N2O4S. The summed E-state index contributed by atoms with van der Waals surface area (Å²) < 4.78 is 20.4. The fraction of sp³-hybridized carbons (Fsp3) is 0.538. The highest BCUT2D eigenvalue weighted by molar-refractivity contribution is 7.90. The van der Waals surface area contributed by atoms with Gasteiger partial charge in [0.25, 0.3) is 0 Å². The number of allylic oxidation sites excluding steroid dienone is 2. The second-order valence-corrected chi connectivity index (χ2v) is 11.7. The molecular weight excluding hydrogens is 436 g/mol. The van der Waals surface area contributed by atoms with Crippen LogP contribution in [0.25, 0.3) is 0 Å². The number of carbonyl (C=O) groups excluding carboxylic acids is 2. The van der Waals surface area contributed by atoms with Gasteiger partial charge in [0.05, 0.1) is 7.11 Å². The third kappa shape index (κ3) is 9.35. The Morgan fingerprint density at radius 2 is 1.79 bits per heavy atom. The van der Waals surface area contributed by atoms with Crippen molar-refractivity contribution >= 4 is 23.2 Å². The Bertz CT molecular complexity index is 815. The molecule has 1 rings (SSSR count). The zero-order valence-corrected chi connectivity index (χ0v) is 21.9. The van der Waals surface area contributed by atoms with Crippen molar-refractivity contribution in [1.29, 1.82) is 0 Å². The molecule has 0 bridgehead atoms. The molecule has 184 valence electrons. The van der Waals surface area contributed by atoms with Crippen molar-refractivity contribution in [2.24, 2.45) is 5.41 Å². The number of methoxy groups -OCH3 is 1. The van der Waals surface area contributed by atoms with Crippen molar-refractivity contribution in [3.8, 4) is 0 Å². The Labute approximate surface area is 202 Å². The summed E-state index contributed by atoms with van der Waals surface area (Å²) in [5, 5.41) is 2.84. The van der Waals surface area contributed by atoms with Crippen LogP contribution < -0.4 is 10.0 Å². The molecule has 0 aliphatic carbocycles. The van der Waals surface area contributed by atoms with E-state index in [1.54, 1.807) is 6.08 Å². The molecule has 33 heavy (non-hydrogen) atoms. The van der Waals surface area contributed by atoms with Crippen LogP contribution in [-0.2, 0) is 32.1 Å². The number of hydrogen-bond acceptors (Lipinski definition) is 5. The molecule has 1 aromatic rings. The van der Waals surface area contributed by atoms with Gasteiger partial charge >= 0.3 is 5.97 Å². The summed E-state index contributed by atoms with van der Waals surface area (Å²) in [6, 6.07) is 7.69. The van der Waals surface area contributed by atoms with E-state index in [1.165, 1.54) is 12.7 Å². The first kappa shape index (κ1) is 28.9. The highest BCUT2D eigenvalue weighted by atomic mass is 32.2. The van der Waals surface area contributed by atoms with Crippen LogP contribution in [-0.4, -0.2) is 40.4 Å². The molecule has 1 unspecified atom stereocenters. The number of esters is 1. The Hall–Kier alpha value is -2.09. The molecule has 0 spiro atoms. The summed E-state index contributed by atoms with van der Waals surface area (Å²) in [6.07, 6.45) is 5.48. The fourth-order valence-electron chi connectivity index (χ4n) is 3.25. The minimum absolute atomic E-state index is 0.289. The molecule has 6 nitrogen and oxygen atoms in total. The van der Waals surface area contributed by atoms with Gasteiger partial charge in [-0.3, -0.25) is 4.79 Å². The fourth-order valence-corrected chi connectivity index (χ4v) is 4.19. The maximum absolute atomic E-state index is 13.6. The molecule has 0 radical (unpaired) electrons. The zero-order valence-electron chi connectivity index (χ0n) is 21.1. The van der Waals surface area contributed by atoms with Crippen LogP contribution in [0.2, 0.25) is 0 Å². The summed E-state index contributed by atoms with van der Waals surface area (Å²) in [4.78, 5) is 26.0. The van der Waals surface area contributed by atoms with Gasteiger partial charge in [0.2, 0.25) is 5.91 Å². The Morgan fingerprint density at radius 1 is 1.18 bits per heavy atom. The van der Waals surface area contributed by atoms with Crippen LogP contribution in [0.1, 0.15) is 59.9 Å². The van der Waals surface area contributed by atoms with Crippen LogP contribution >= 0.6 is 0 Å². The lowest BCUT2D eigenvalue weighted by Gasteiger charge is -2.37. The smallest absolute Gasteiger partial charge is 0.328 e. The quantitative estimate of drug-likeness (QED) is 0.267. The third-order valence-corrected chi connectivity index (χ3v) is 7.05. The Balaban J connectivity index is 3.24. The van der Waals surface area contributed by atoms with Crippen LogP contribution in [0.3, 0.4) is 0 Å². The van der Waals surface area contributed by atoms with Gasteiger partial charge in [-0.2, -0.15) is 0 Å². The van der Waals surface area contributed by atoms with E-state index in [0.717, 1.165) is 12.0 Å². The van der Waals surface area contributed by atoms with E-state index in [-0.39, 0.29) is 6.42 Å². The van der Waals surface area contributed by atoms with Gasteiger partial charge in [-0.25, -0.2) is 4.79 Å². The maximum atomic E-state index is 13.6. The van der Waals surface area contributed by atoms with E-state index in [9.17, 15) is 14.1 Å². The van der Waals surface area contributed by atoms with E-state index >= 15 is 0 Å². The number of hydrogen-bond donors (Lipinski definition) is 2. The maximum Gasteiger partial charge on any atom is 0.328 e. The minimum atomic E-state index is -1.51. The van der Waals surface area contributed by atoms with Crippen LogP contribution in [0.15, 0.2) is 54.6 Å². The summed E-state index contributed by atoms with van der Waals surface area (Å²) >= 11 is -1.51. The van der Waals surface area contributed by atoms with Crippen LogP contribution in [0.4, 0.5) is 0 Å². The average Bonchev–Trinajstić information content (AvgIpc) is 2.75. The van der Waals surface area contributed by atoms with Gasteiger partial charge in [-0.15, -0.1) is 11.3 Å². The molecule has 4 atom stereocenters. The second kappa shape index (κ2) is 13.0. The average molecular weight is 477 g/mol. The summed E-state index contributed by atoms with van der Waals surface area (Å²) in [5.41, 5.74) is 1.37. The molecule has 7 heteroatoms. The van der Waals surface area contributed by atoms with Gasteiger partial charge in [0.1, 0.15) is 16.8 Å². The first-order valence-corrected chi connectivity index (χ1v) is 12.4. The van der Waals surface area contributed by atoms with Crippen molar-refractivity contribution in [3.63, 3.8) is 0 Å². The van der Waals surface area contributed by atoms with E-state index in [0.29, 0.717) is 6.42 Å². The monoisotopic (exact) mass is 476 g/mol. The topological polar surface area (TPSA) is 90.5 Å². The molecule has 0 aliphatic heterocycles. The molecule has 0 fully saturated rings. The predicted molar refractivity (Wildman–Crippen MR) is 136 cm³/mol. The van der Waals surface area contributed by atoms with Crippen molar-refractivity contribution in [2.75, 3.05) is 7.11 Å². The molecule has 0 aromatic heterocycles. The number of ether oxygens (including phenoxy) is 1. The molecule has 1 amide bonds. The van der Waals surface area contributed by atoms with E-state index in [1.807, 2.05) is 71.9 Å². The number of rotatable bonds is 12. The summed E-state index contributed by atoms with van der Waals surface area (Å²) in [5.74, 6) is -0.953. The van der Waals surface area contributed by atoms with Crippen LogP contribution in [0.5, 0.6) is 0 Å². The second-order valence-electron chi connectivity index (χ2n) is 9.74. The minimum Gasteiger partial charge on any atom is -0.598 e. The summed E-state index contributed by atoms with van der Waals surface area (Å²) in [7, 11) is 1.30. The highest BCUT2D eigenvalue weighted by Crippen LogP contribution is 2.32. The first-order valence-electron chi connectivity index (χ1n) is 11.2. The number of nitrogens with one attached hydrogen (secondary N) is 2. The Kier molecular flexibility index (Phi) is 11.4. The first-order chi connectivity index (χ1) is 15.3. The Morgan fingerprint density at radius 3 is 2.27 bits per heavy atom. The highest BCUT2D eigenvalue weighted by Gasteiger charge is 2.43. The van der Waals surface area contributed by atoms with Gasteiger partial charge in [-0.05, 0) is 53.0 Å². The van der Waals surface area contributed by atoms with Crippen molar-refractivity contribution in [2.45, 2.75) is 77.6 Å². The molecule has 0 aliphatic rings. The lowest BCUT2D eigenvalue weighted by molar-refractivity contribution is -0.145. The van der Waals surface area contributed by atoms with Crippen molar-refractivity contribution in [1.82, 2.24) is 10.0 Å². The van der Waals surface area contributed by atoms with Gasteiger partial charge in [0.15, 0.2) is 0 Å². The molecule has 0 saturated carbocycles. The largest absolute Gasteiger partial charge is 0.598 e. The van der Waals surface area contributed by atoms with E-state index in [4.69, 9.17) is 4.74 Å². The van der Waals surface area contributed by atoms with Crippen molar-refractivity contribution in [3.05, 3.63) is 60.2 Å². The standard InChI is InChI=1S/C26H40N2O4S/c1-9-26(7,17-13-14-19(2)3)22(28-33(31)25(4,5)6)23(29)27-21(24(30)32-8)18-20-15-11-10-12-16-20/h9-12,14-16,21-22,28H,1,13,17-18H2,2-8H3,(H,27,29)/t21-,22+,26-,33?/m0/s1. The number of carbonyl (C=O) groups is 2. The van der Waals surface area contributed by atoms with Gasteiger partial charge in [0, 0.05) is 23.2 Å². The predicted octanol–water partition coefficient (Wildman–Crippen LogP) is 4.25. The summed E-state index contributed by atoms with van der Waals surface area (Å²) in [6.45, 7) is 15.4. The van der Waals surface area contributed by atoms with E-state index in [2.05, 4.69) is 22.7 Å². The number of amides is 1. The van der Waals surface area contributed by atoms with Gasteiger partial charge in [-0.1, -0.05) is 55.0 Å². The van der Waals surface area contributed by atoms with Crippen molar-refractivity contribution < 1.29 is 18.9 Å². The third-order valence-electron chi connectivity index (χ3n) is 5.49. The lowest BCUT2D eigenvalue weighted by atomic mass is 9.78.